The summed E-state index contributed by atoms with van der Waals surface area (Å²) in [6.07, 6.45) is 5.66. The number of unbranched alkanes of at least 4 members (excludes halogenated alkanes) is 3. The van der Waals surface area contributed by atoms with Gasteiger partial charge in [0.15, 0.2) is 0 Å². The molecule has 0 unspecified atom stereocenters. The van der Waals surface area contributed by atoms with Crippen molar-refractivity contribution in [2.75, 3.05) is 0 Å². The minimum atomic E-state index is 0. The molecule has 0 aliphatic rings. The number of hydrogen-bond donors (Lipinski definition) is 0. The van der Waals surface area contributed by atoms with Crippen LogP contribution < -0.4 is 37.7 Å². The van der Waals surface area contributed by atoms with Gasteiger partial charge < -0.3 is 13.3 Å². The van der Waals surface area contributed by atoms with Gasteiger partial charge in [0.25, 0.3) is 0 Å². The van der Waals surface area contributed by atoms with E-state index in [0.717, 1.165) is 6.42 Å². The van der Waals surface area contributed by atoms with Crippen LogP contribution in [0.15, 0.2) is 0 Å². The van der Waals surface area contributed by atoms with Gasteiger partial charge in [-0.05, 0) is 0 Å². The largest absolute Gasteiger partial charge is 1.00 e. The first kappa shape index (κ1) is 16.1. The molecule has 8 heavy (non-hydrogen) atoms. The maximum Gasteiger partial charge on any atom is 1.00 e. The Balaban J connectivity index is -0.000000125. The van der Waals surface area contributed by atoms with Crippen LogP contribution in [0.3, 0.4) is 0 Å². The third-order valence-corrected chi connectivity index (χ3v) is 0.697. The smallest absolute Gasteiger partial charge is 0.346 e. The molecule has 0 aliphatic carbocycles. The summed E-state index contributed by atoms with van der Waals surface area (Å²) in [5.41, 5.74) is 0. The first-order valence-electron chi connectivity index (χ1n) is 2.52. The quantitative estimate of drug-likeness (QED) is 0.193. The van der Waals surface area contributed by atoms with Crippen molar-refractivity contribution < 1.29 is 37.7 Å². The van der Waals surface area contributed by atoms with Crippen molar-refractivity contribution in [2.24, 2.45) is 0 Å². The third-order valence-electron chi connectivity index (χ3n) is 0.697. The molecule has 0 spiro atoms. The molecule has 2 heteroatoms. The van der Waals surface area contributed by atoms with Crippen molar-refractivity contribution in [3.05, 3.63) is 13.3 Å². The fraction of sp³-hybridized carbons (Fsp3) is 0.667. The summed E-state index contributed by atoms with van der Waals surface area (Å²) in [4.78, 5) is 0. The van der Waals surface area contributed by atoms with E-state index in [1.54, 1.807) is 0 Å². The third kappa shape index (κ3) is 15.7. The average Bonchev–Trinajstić information content (AvgIpc) is 1.61. The standard InChI is InChI=1S/C6H12.2Li/c1-3-5-6-4-2;;/h6H,1,3-5H2,2H3;;/q-2;2*+1. The van der Waals surface area contributed by atoms with Crippen molar-refractivity contribution in [1.82, 2.24) is 0 Å². The van der Waals surface area contributed by atoms with Crippen molar-refractivity contribution in [3.63, 3.8) is 0 Å². The van der Waals surface area contributed by atoms with E-state index >= 15 is 0 Å². The van der Waals surface area contributed by atoms with Gasteiger partial charge in [0.05, 0.1) is 0 Å². The second-order valence-electron chi connectivity index (χ2n) is 1.34. The van der Waals surface area contributed by atoms with E-state index in [4.69, 9.17) is 0 Å². The van der Waals surface area contributed by atoms with Crippen LogP contribution in [0.2, 0.25) is 0 Å². The molecule has 0 saturated carbocycles. The van der Waals surface area contributed by atoms with Crippen molar-refractivity contribution in [1.29, 1.82) is 0 Å². The van der Waals surface area contributed by atoms with E-state index in [0.29, 0.717) is 0 Å². The molecule has 0 atom stereocenters. The maximum atomic E-state index is 3.69. The molecule has 0 aliphatic heterocycles. The molecule has 0 aromatic rings. The summed E-state index contributed by atoms with van der Waals surface area (Å²) in [5.74, 6) is 0. The summed E-state index contributed by atoms with van der Waals surface area (Å²) in [5, 5.41) is 0. The molecular formula is C6H12Li2. The Hall–Kier alpha value is 1.19. The van der Waals surface area contributed by atoms with Crippen LogP contribution in [0.5, 0.6) is 0 Å². The van der Waals surface area contributed by atoms with Gasteiger partial charge in [-0.3, -0.25) is 0 Å². The zero-order valence-electron chi connectivity index (χ0n) is 6.41. The molecule has 0 nitrogen and oxygen atoms in total. The summed E-state index contributed by atoms with van der Waals surface area (Å²) in [6.45, 7) is 5.84. The van der Waals surface area contributed by atoms with Crippen LogP contribution in [0, 0.1) is 13.3 Å². The molecule has 0 radical (unpaired) electrons. The second kappa shape index (κ2) is 15.7. The molecule has 0 heterocycles. The van der Waals surface area contributed by atoms with Gasteiger partial charge in [-0.25, -0.2) is 12.8 Å². The van der Waals surface area contributed by atoms with Gasteiger partial charge in [-0.15, -0.1) is 0 Å². The van der Waals surface area contributed by atoms with Crippen molar-refractivity contribution in [3.8, 4) is 0 Å². The molecule has 0 aromatic heterocycles. The maximum absolute atomic E-state index is 3.69. The van der Waals surface area contributed by atoms with Crippen LogP contribution in [-0.2, 0) is 0 Å². The predicted octanol–water partition coefficient (Wildman–Crippen LogP) is -3.78. The zero-order valence-corrected chi connectivity index (χ0v) is 6.41. The molecule has 0 rings (SSSR count). The van der Waals surface area contributed by atoms with Crippen LogP contribution in [0.1, 0.15) is 26.2 Å². The van der Waals surface area contributed by atoms with E-state index in [2.05, 4.69) is 20.3 Å². The fourth-order valence-corrected chi connectivity index (χ4v) is 0.348. The van der Waals surface area contributed by atoms with Gasteiger partial charge >= 0.3 is 37.7 Å². The van der Waals surface area contributed by atoms with E-state index < -0.39 is 0 Å². The molecule has 0 bridgehead atoms. The van der Waals surface area contributed by atoms with Crippen LogP contribution in [-0.4, -0.2) is 0 Å². The molecule has 0 N–H and O–H groups in total. The minimum absolute atomic E-state index is 0. The predicted molar refractivity (Wildman–Crippen MR) is 29.2 cm³/mol. The molecule has 38 valence electrons. The van der Waals surface area contributed by atoms with E-state index in [-0.39, 0.29) is 37.7 Å². The molecular weight excluding hydrogens is 85.9 g/mol. The average molecular weight is 98.0 g/mol. The monoisotopic (exact) mass is 98.1 g/mol. The molecule has 0 amide bonds. The normalized spacial score (nSPS) is 6.75. The Bertz CT molecular complexity index is 18.5. The van der Waals surface area contributed by atoms with E-state index in [1.165, 1.54) is 12.8 Å². The molecule has 0 aromatic carbocycles. The van der Waals surface area contributed by atoms with Gasteiger partial charge in [0, 0.05) is 0 Å². The first-order valence-corrected chi connectivity index (χ1v) is 2.52. The second-order valence-corrected chi connectivity index (χ2v) is 1.34. The Kier molecular flexibility index (Phi) is 31.6. The Morgan fingerprint density at radius 1 is 1.38 bits per heavy atom. The Labute approximate surface area is 77.2 Å². The number of hydrogen-bond acceptors (Lipinski definition) is 0. The van der Waals surface area contributed by atoms with Crippen molar-refractivity contribution in [2.45, 2.75) is 26.2 Å². The fourth-order valence-electron chi connectivity index (χ4n) is 0.348. The van der Waals surface area contributed by atoms with Gasteiger partial charge in [0.2, 0.25) is 0 Å². The summed E-state index contributed by atoms with van der Waals surface area (Å²) in [6, 6.07) is 0. The topological polar surface area (TPSA) is 0 Å². The van der Waals surface area contributed by atoms with Crippen molar-refractivity contribution >= 4 is 0 Å². The van der Waals surface area contributed by atoms with Crippen LogP contribution >= 0.6 is 0 Å². The summed E-state index contributed by atoms with van der Waals surface area (Å²) in [7, 11) is 0. The zero-order chi connectivity index (χ0) is 4.83. The SMILES string of the molecule is [CH2-]CC[CH-]CC.[Li+].[Li+]. The minimum Gasteiger partial charge on any atom is -0.346 e. The Morgan fingerprint density at radius 3 is 2.00 bits per heavy atom. The van der Waals surface area contributed by atoms with Gasteiger partial charge in [-0.1, -0.05) is 6.92 Å². The summed E-state index contributed by atoms with van der Waals surface area (Å²) >= 11 is 0. The molecule has 0 fully saturated rings. The van der Waals surface area contributed by atoms with E-state index in [9.17, 15) is 0 Å². The van der Waals surface area contributed by atoms with E-state index in [1.807, 2.05) is 0 Å². The number of rotatable bonds is 3. The first-order chi connectivity index (χ1) is 2.91. The molecule has 0 saturated heterocycles. The summed E-state index contributed by atoms with van der Waals surface area (Å²) < 4.78 is 0. The van der Waals surface area contributed by atoms with Gasteiger partial charge in [0.1, 0.15) is 0 Å². The van der Waals surface area contributed by atoms with Gasteiger partial charge in [-0.2, -0.15) is 6.42 Å². The van der Waals surface area contributed by atoms with Crippen LogP contribution in [0.25, 0.3) is 0 Å². The Morgan fingerprint density at radius 2 is 1.88 bits per heavy atom. The van der Waals surface area contributed by atoms with Crippen LogP contribution in [0.4, 0.5) is 0 Å².